The fraction of sp³-hybridized carbons (Fsp3) is 0.846. The highest BCUT2D eigenvalue weighted by molar-refractivity contribution is 5.00. The maximum absolute atomic E-state index is 9.37. The number of nitrogens with one attached hydrogen (secondary N) is 1. The Bertz CT molecular complexity index is 398. The molecule has 1 aromatic rings. The smallest absolute Gasteiger partial charge is 0.152 e. The van der Waals surface area contributed by atoms with E-state index in [4.69, 9.17) is 0 Å². The van der Waals surface area contributed by atoms with Crippen LogP contribution in [0.15, 0.2) is 0 Å². The molecule has 2 atom stereocenters. The molecule has 1 fully saturated rings. The Morgan fingerprint density at radius 3 is 3.00 bits per heavy atom. The number of aryl methyl sites for hydroxylation is 1. The number of aromatic nitrogens is 3. The van der Waals surface area contributed by atoms with E-state index < -0.39 is 0 Å². The Hall–Kier alpha value is -0.940. The minimum Gasteiger partial charge on any atom is -0.394 e. The molecule has 5 nitrogen and oxygen atoms in total. The van der Waals surface area contributed by atoms with E-state index in [9.17, 15) is 5.11 Å². The van der Waals surface area contributed by atoms with Crippen molar-refractivity contribution in [2.45, 2.75) is 57.0 Å². The highest BCUT2D eigenvalue weighted by atomic mass is 16.3. The normalized spacial score (nSPS) is 28.1. The van der Waals surface area contributed by atoms with Gasteiger partial charge in [0.15, 0.2) is 5.82 Å². The summed E-state index contributed by atoms with van der Waals surface area (Å²) in [6.45, 7) is 1.30. The first-order valence-corrected chi connectivity index (χ1v) is 7.15. The summed E-state index contributed by atoms with van der Waals surface area (Å²) in [5.41, 5.74) is 0. The predicted molar refractivity (Wildman–Crippen MR) is 68.4 cm³/mol. The van der Waals surface area contributed by atoms with Crippen LogP contribution < -0.4 is 5.32 Å². The third kappa shape index (κ3) is 2.42. The van der Waals surface area contributed by atoms with Crippen LogP contribution in [0.5, 0.6) is 0 Å². The second-order valence-corrected chi connectivity index (χ2v) is 5.47. The van der Waals surface area contributed by atoms with Gasteiger partial charge in [0.05, 0.1) is 12.6 Å². The molecule has 2 aliphatic rings. The van der Waals surface area contributed by atoms with Gasteiger partial charge >= 0.3 is 0 Å². The van der Waals surface area contributed by atoms with Crippen molar-refractivity contribution >= 4 is 0 Å². The standard InChI is InChI=1S/C13H22N4O/c18-9-11-5-3-6-13-15-12(16-17(11)13)8-10-4-1-2-7-14-10/h10-11,14,18H,1-9H2. The Balaban J connectivity index is 1.71. The average molecular weight is 250 g/mol. The molecule has 0 saturated carbocycles. The summed E-state index contributed by atoms with van der Waals surface area (Å²) in [5, 5.41) is 17.5. The molecular formula is C13H22N4O. The molecule has 0 aromatic carbocycles. The highest BCUT2D eigenvalue weighted by Gasteiger charge is 2.23. The van der Waals surface area contributed by atoms with Crippen LogP contribution in [0.3, 0.4) is 0 Å². The van der Waals surface area contributed by atoms with E-state index in [-0.39, 0.29) is 12.6 Å². The Labute approximate surface area is 108 Å². The number of fused-ring (bicyclic) bond motifs is 1. The second-order valence-electron chi connectivity index (χ2n) is 5.47. The summed E-state index contributed by atoms with van der Waals surface area (Å²) in [7, 11) is 0. The average Bonchev–Trinajstić information content (AvgIpc) is 2.82. The second kappa shape index (κ2) is 5.36. The Morgan fingerprint density at radius 1 is 1.28 bits per heavy atom. The van der Waals surface area contributed by atoms with E-state index in [1.54, 1.807) is 0 Å². The SMILES string of the molecule is OCC1CCCc2nc(CC3CCCCN3)nn21. The molecule has 2 unspecified atom stereocenters. The van der Waals surface area contributed by atoms with Crippen LogP contribution in [0.2, 0.25) is 0 Å². The van der Waals surface area contributed by atoms with Gasteiger partial charge in [-0.15, -0.1) is 0 Å². The van der Waals surface area contributed by atoms with Gasteiger partial charge in [0.2, 0.25) is 0 Å². The number of aliphatic hydroxyl groups is 1. The third-order valence-electron chi connectivity index (χ3n) is 4.08. The first-order chi connectivity index (χ1) is 8.86. The van der Waals surface area contributed by atoms with Crippen molar-refractivity contribution in [2.75, 3.05) is 13.2 Å². The molecule has 0 amide bonds. The molecule has 5 heteroatoms. The van der Waals surface area contributed by atoms with Crippen LogP contribution in [0.25, 0.3) is 0 Å². The predicted octanol–water partition coefficient (Wildman–Crippen LogP) is 0.832. The van der Waals surface area contributed by atoms with Crippen molar-refractivity contribution in [3.63, 3.8) is 0 Å². The van der Waals surface area contributed by atoms with Crippen molar-refractivity contribution < 1.29 is 5.11 Å². The minimum atomic E-state index is 0.148. The zero-order chi connectivity index (χ0) is 12.4. The lowest BCUT2D eigenvalue weighted by molar-refractivity contribution is 0.194. The molecule has 3 heterocycles. The largest absolute Gasteiger partial charge is 0.394 e. The maximum Gasteiger partial charge on any atom is 0.152 e. The zero-order valence-corrected chi connectivity index (χ0v) is 10.8. The van der Waals surface area contributed by atoms with E-state index >= 15 is 0 Å². The maximum atomic E-state index is 9.37. The fourth-order valence-electron chi connectivity index (χ4n) is 3.06. The molecule has 0 spiro atoms. The summed E-state index contributed by atoms with van der Waals surface area (Å²) in [6.07, 6.45) is 7.90. The van der Waals surface area contributed by atoms with E-state index in [0.29, 0.717) is 6.04 Å². The van der Waals surface area contributed by atoms with Gasteiger partial charge in [-0.3, -0.25) is 0 Å². The Morgan fingerprint density at radius 2 is 2.22 bits per heavy atom. The lowest BCUT2D eigenvalue weighted by atomic mass is 10.0. The summed E-state index contributed by atoms with van der Waals surface area (Å²) in [4.78, 5) is 4.64. The first kappa shape index (κ1) is 12.1. The van der Waals surface area contributed by atoms with Crippen molar-refractivity contribution in [3.8, 4) is 0 Å². The summed E-state index contributed by atoms with van der Waals surface area (Å²) in [5.74, 6) is 2.01. The van der Waals surface area contributed by atoms with Crippen LogP contribution in [0.4, 0.5) is 0 Å². The zero-order valence-electron chi connectivity index (χ0n) is 10.8. The molecule has 2 aliphatic heterocycles. The fourth-order valence-corrected chi connectivity index (χ4v) is 3.06. The molecule has 0 aliphatic carbocycles. The topological polar surface area (TPSA) is 63.0 Å². The van der Waals surface area contributed by atoms with Gasteiger partial charge in [0.1, 0.15) is 5.82 Å². The molecule has 100 valence electrons. The summed E-state index contributed by atoms with van der Waals surface area (Å²) in [6, 6.07) is 0.685. The minimum absolute atomic E-state index is 0.148. The van der Waals surface area contributed by atoms with Gasteiger partial charge in [-0.25, -0.2) is 9.67 Å². The lowest BCUT2D eigenvalue weighted by Crippen LogP contribution is -2.35. The highest BCUT2D eigenvalue weighted by Crippen LogP contribution is 2.23. The number of rotatable bonds is 3. The summed E-state index contributed by atoms with van der Waals surface area (Å²) < 4.78 is 1.96. The first-order valence-electron chi connectivity index (χ1n) is 7.15. The number of aliphatic hydroxyl groups excluding tert-OH is 1. The molecule has 1 saturated heterocycles. The molecule has 0 radical (unpaired) electrons. The van der Waals surface area contributed by atoms with Gasteiger partial charge in [0.25, 0.3) is 0 Å². The van der Waals surface area contributed by atoms with Crippen LogP contribution in [0.1, 0.15) is 49.8 Å². The van der Waals surface area contributed by atoms with Crippen LogP contribution in [0, 0.1) is 0 Å². The van der Waals surface area contributed by atoms with Crippen LogP contribution >= 0.6 is 0 Å². The molecule has 18 heavy (non-hydrogen) atoms. The van der Waals surface area contributed by atoms with Gasteiger partial charge in [-0.2, -0.15) is 5.10 Å². The number of piperidine rings is 1. The Kier molecular flexibility index (Phi) is 3.61. The monoisotopic (exact) mass is 250 g/mol. The van der Waals surface area contributed by atoms with Gasteiger partial charge < -0.3 is 10.4 Å². The number of hydrogen-bond donors (Lipinski definition) is 2. The molecule has 1 aromatic heterocycles. The quantitative estimate of drug-likeness (QED) is 0.834. The van der Waals surface area contributed by atoms with E-state index in [1.165, 1.54) is 19.3 Å². The molecule has 2 N–H and O–H groups in total. The number of hydrogen-bond acceptors (Lipinski definition) is 4. The van der Waals surface area contributed by atoms with Gasteiger partial charge in [-0.1, -0.05) is 6.42 Å². The summed E-state index contributed by atoms with van der Waals surface area (Å²) >= 11 is 0. The molecule has 0 bridgehead atoms. The van der Waals surface area contributed by atoms with E-state index in [1.807, 2.05) is 4.68 Å². The van der Waals surface area contributed by atoms with Gasteiger partial charge in [0, 0.05) is 18.9 Å². The van der Waals surface area contributed by atoms with E-state index in [2.05, 4.69) is 15.4 Å². The van der Waals surface area contributed by atoms with Crippen molar-refractivity contribution in [1.82, 2.24) is 20.1 Å². The molecular weight excluding hydrogens is 228 g/mol. The van der Waals surface area contributed by atoms with Crippen molar-refractivity contribution in [3.05, 3.63) is 11.6 Å². The van der Waals surface area contributed by atoms with Crippen molar-refractivity contribution in [2.24, 2.45) is 0 Å². The van der Waals surface area contributed by atoms with Crippen LogP contribution in [-0.2, 0) is 12.8 Å². The van der Waals surface area contributed by atoms with Crippen LogP contribution in [-0.4, -0.2) is 39.1 Å². The third-order valence-corrected chi connectivity index (χ3v) is 4.08. The van der Waals surface area contributed by atoms with Gasteiger partial charge in [-0.05, 0) is 32.2 Å². The molecule has 3 rings (SSSR count). The van der Waals surface area contributed by atoms with E-state index in [0.717, 1.165) is 43.9 Å². The van der Waals surface area contributed by atoms with Crippen molar-refractivity contribution in [1.29, 1.82) is 0 Å². The number of nitrogens with zero attached hydrogens (tertiary/aromatic N) is 3. The lowest BCUT2D eigenvalue weighted by Gasteiger charge is -2.22.